The average Bonchev–Trinajstić information content (AvgIpc) is 3.04. The van der Waals surface area contributed by atoms with Crippen LogP contribution in [0.5, 0.6) is 0 Å². The van der Waals surface area contributed by atoms with Crippen LogP contribution in [0.1, 0.15) is 54.4 Å². The molecule has 0 aliphatic carbocycles. The van der Waals surface area contributed by atoms with Gasteiger partial charge in [-0.3, -0.25) is 10.1 Å². The lowest BCUT2D eigenvalue weighted by Gasteiger charge is -2.39. The number of nitrogens with zero attached hydrogens (tertiary/aromatic N) is 2. The monoisotopic (exact) mass is 328 g/mol. The van der Waals surface area contributed by atoms with Crippen LogP contribution < -0.4 is 0 Å². The van der Waals surface area contributed by atoms with Gasteiger partial charge in [-0.1, -0.05) is 27.7 Å². The van der Waals surface area contributed by atoms with Gasteiger partial charge in [0.25, 0.3) is 0 Å². The summed E-state index contributed by atoms with van der Waals surface area (Å²) in [5.41, 5.74) is 1.18. The van der Waals surface area contributed by atoms with Crippen LogP contribution >= 0.6 is 0 Å². The predicted molar refractivity (Wildman–Crippen MR) is 92.6 cm³/mol. The minimum absolute atomic E-state index is 0.148. The van der Waals surface area contributed by atoms with Crippen LogP contribution in [0.2, 0.25) is 0 Å². The van der Waals surface area contributed by atoms with E-state index in [4.69, 9.17) is 9.47 Å². The molecule has 1 spiro atoms. The first-order valence-electron chi connectivity index (χ1n) is 8.55. The molecule has 2 aliphatic rings. The average molecular weight is 328 g/mol. The van der Waals surface area contributed by atoms with Crippen LogP contribution in [0.4, 0.5) is 0 Å². The van der Waals surface area contributed by atoms with Gasteiger partial charge in [0.1, 0.15) is 0 Å². The van der Waals surface area contributed by atoms with Gasteiger partial charge in [0, 0.05) is 44.6 Å². The van der Waals surface area contributed by atoms with Crippen molar-refractivity contribution in [1.82, 2.24) is 4.90 Å². The summed E-state index contributed by atoms with van der Waals surface area (Å²) in [6.07, 6.45) is 5.03. The molecule has 2 aliphatic heterocycles. The Labute approximate surface area is 140 Å². The van der Waals surface area contributed by atoms with Crippen molar-refractivity contribution < 1.29 is 14.4 Å². The molecular formula is C17H32N2O4. The summed E-state index contributed by atoms with van der Waals surface area (Å²) in [5, 5.41) is 10.5. The molecule has 0 atom stereocenters. The fraction of sp³-hybridized carbons (Fsp3) is 0.765. The quantitative estimate of drug-likeness (QED) is 0.446. The minimum atomic E-state index is -0.380. The van der Waals surface area contributed by atoms with E-state index in [1.54, 1.807) is 12.2 Å². The minimum Gasteiger partial charge on any atom is -0.375 e. The van der Waals surface area contributed by atoms with Gasteiger partial charge in [0.15, 0.2) is 5.79 Å². The first-order valence-corrected chi connectivity index (χ1v) is 8.55. The van der Waals surface area contributed by atoms with Gasteiger partial charge in [0.2, 0.25) is 5.70 Å². The molecular weight excluding hydrogens is 296 g/mol. The maximum atomic E-state index is 10.5. The van der Waals surface area contributed by atoms with E-state index in [1.165, 1.54) is 6.92 Å². The maximum Gasteiger partial charge on any atom is 0.243 e. The SMILES string of the molecule is C/C(=C\C=C(/C)[N+](=O)[O-])N1CCC2(CC1)OCCO2.CC.CC. The summed E-state index contributed by atoms with van der Waals surface area (Å²) >= 11 is 0. The van der Waals surface area contributed by atoms with Crippen LogP contribution in [0.25, 0.3) is 0 Å². The fourth-order valence-electron chi connectivity index (χ4n) is 2.39. The molecule has 0 unspecified atom stereocenters. The molecule has 2 rings (SSSR count). The molecule has 134 valence electrons. The van der Waals surface area contributed by atoms with Gasteiger partial charge in [-0.05, 0) is 13.0 Å². The topological polar surface area (TPSA) is 64.8 Å². The third-order valence-corrected chi connectivity index (χ3v) is 3.69. The second-order valence-corrected chi connectivity index (χ2v) is 4.97. The number of nitro groups is 1. The van der Waals surface area contributed by atoms with Gasteiger partial charge in [0.05, 0.1) is 18.1 Å². The van der Waals surface area contributed by atoms with Crippen LogP contribution in [0, 0.1) is 10.1 Å². The third-order valence-electron chi connectivity index (χ3n) is 3.69. The molecule has 0 amide bonds. The highest BCUT2D eigenvalue weighted by Gasteiger charge is 2.39. The number of likely N-dealkylation sites (tertiary alicyclic amines) is 1. The molecule has 0 aromatic carbocycles. The Morgan fingerprint density at radius 2 is 1.52 bits per heavy atom. The van der Waals surface area contributed by atoms with E-state index in [1.807, 2.05) is 34.6 Å². The highest BCUT2D eigenvalue weighted by atomic mass is 16.7. The first-order chi connectivity index (χ1) is 11.0. The number of rotatable bonds is 3. The van der Waals surface area contributed by atoms with Crippen molar-refractivity contribution in [2.75, 3.05) is 26.3 Å². The maximum absolute atomic E-state index is 10.5. The predicted octanol–water partition coefficient (Wildman–Crippen LogP) is 3.96. The molecule has 2 heterocycles. The molecule has 0 aromatic rings. The highest BCUT2D eigenvalue weighted by Crippen LogP contribution is 2.32. The van der Waals surface area contributed by atoms with Gasteiger partial charge in [-0.2, -0.15) is 0 Å². The molecule has 6 heteroatoms. The summed E-state index contributed by atoms with van der Waals surface area (Å²) in [4.78, 5) is 12.3. The number of allylic oxidation sites excluding steroid dienone is 4. The van der Waals surface area contributed by atoms with Crippen LogP contribution in [-0.2, 0) is 9.47 Å². The second-order valence-electron chi connectivity index (χ2n) is 4.97. The lowest BCUT2D eigenvalue weighted by atomic mass is 10.0. The van der Waals surface area contributed by atoms with Gasteiger partial charge >= 0.3 is 0 Å². The first kappa shape index (κ1) is 21.6. The van der Waals surface area contributed by atoms with Crippen molar-refractivity contribution in [3.05, 3.63) is 33.7 Å². The van der Waals surface area contributed by atoms with E-state index < -0.39 is 0 Å². The summed E-state index contributed by atoms with van der Waals surface area (Å²) in [6.45, 7) is 14.5. The zero-order valence-electron chi connectivity index (χ0n) is 15.4. The van der Waals surface area contributed by atoms with Gasteiger partial charge in [-0.15, -0.1) is 0 Å². The van der Waals surface area contributed by atoms with E-state index in [0.29, 0.717) is 13.2 Å². The third kappa shape index (κ3) is 6.71. The van der Waals surface area contributed by atoms with Crippen molar-refractivity contribution in [2.45, 2.75) is 60.2 Å². The fourth-order valence-corrected chi connectivity index (χ4v) is 2.39. The van der Waals surface area contributed by atoms with Crippen LogP contribution in [-0.4, -0.2) is 41.9 Å². The number of ether oxygens (including phenoxy) is 2. The van der Waals surface area contributed by atoms with Crippen molar-refractivity contribution in [2.24, 2.45) is 0 Å². The second kappa shape index (κ2) is 11.2. The smallest absolute Gasteiger partial charge is 0.243 e. The van der Waals surface area contributed by atoms with Crippen LogP contribution in [0.3, 0.4) is 0 Å². The molecule has 0 N–H and O–H groups in total. The number of hydrogen-bond acceptors (Lipinski definition) is 5. The van der Waals surface area contributed by atoms with E-state index in [-0.39, 0.29) is 16.4 Å². The number of hydrogen-bond donors (Lipinski definition) is 0. The van der Waals surface area contributed by atoms with E-state index in [0.717, 1.165) is 31.6 Å². The Bertz CT molecular complexity index is 403. The zero-order chi connectivity index (χ0) is 17.9. The molecule has 0 saturated carbocycles. The molecule has 6 nitrogen and oxygen atoms in total. The normalized spacial score (nSPS) is 20.3. The molecule has 0 bridgehead atoms. The lowest BCUT2D eigenvalue weighted by molar-refractivity contribution is -0.424. The number of piperidine rings is 1. The van der Waals surface area contributed by atoms with Gasteiger partial charge < -0.3 is 14.4 Å². The molecule has 2 fully saturated rings. The largest absolute Gasteiger partial charge is 0.375 e. The molecule has 0 radical (unpaired) electrons. The van der Waals surface area contributed by atoms with Crippen molar-refractivity contribution >= 4 is 0 Å². The highest BCUT2D eigenvalue weighted by molar-refractivity contribution is 5.12. The Hall–Kier alpha value is -1.40. The van der Waals surface area contributed by atoms with E-state index >= 15 is 0 Å². The Morgan fingerprint density at radius 1 is 1.04 bits per heavy atom. The van der Waals surface area contributed by atoms with E-state index in [9.17, 15) is 10.1 Å². The Balaban J connectivity index is 0.00000112. The Kier molecular flexibility index (Phi) is 10.5. The summed E-state index contributed by atoms with van der Waals surface area (Å²) in [6, 6.07) is 0. The van der Waals surface area contributed by atoms with Gasteiger partial charge in [-0.25, -0.2) is 0 Å². The standard InChI is InChI=1S/C13H20N2O4.2C2H6/c1-11(3-4-12(2)15(16)17)14-7-5-13(6-8-14)18-9-10-19-13;2*1-2/h3-4H,5-10H2,1-2H3;2*1-2H3/b11-3+,12-4+;;. The van der Waals surface area contributed by atoms with Crippen LogP contribution in [0.15, 0.2) is 23.5 Å². The molecule has 0 aromatic heterocycles. The lowest BCUT2D eigenvalue weighted by Crippen LogP contribution is -2.44. The summed E-state index contributed by atoms with van der Waals surface area (Å²) in [7, 11) is 0. The Morgan fingerprint density at radius 3 is 1.96 bits per heavy atom. The summed E-state index contributed by atoms with van der Waals surface area (Å²) in [5.74, 6) is -0.372. The van der Waals surface area contributed by atoms with E-state index in [2.05, 4.69) is 4.90 Å². The van der Waals surface area contributed by atoms with Crippen molar-refractivity contribution in [3.8, 4) is 0 Å². The zero-order valence-corrected chi connectivity index (χ0v) is 15.4. The summed E-state index contributed by atoms with van der Waals surface area (Å²) < 4.78 is 11.3. The molecule has 2 saturated heterocycles. The molecule has 23 heavy (non-hydrogen) atoms. The van der Waals surface area contributed by atoms with Crippen molar-refractivity contribution in [1.29, 1.82) is 0 Å². The van der Waals surface area contributed by atoms with Crippen molar-refractivity contribution in [3.63, 3.8) is 0 Å².